The Kier molecular flexibility index (Phi) is 5.31. The van der Waals surface area contributed by atoms with E-state index in [1.165, 1.54) is 18.6 Å². The van der Waals surface area contributed by atoms with E-state index < -0.39 is 0 Å². The SMILES string of the molecule is CCCNC(C)c1nnc(NCC2CCCS2)o1. The number of hydrogen-bond donors (Lipinski definition) is 2. The molecule has 1 aromatic rings. The molecule has 0 saturated carbocycles. The molecule has 0 amide bonds. The van der Waals surface area contributed by atoms with Gasteiger partial charge in [0.1, 0.15) is 0 Å². The van der Waals surface area contributed by atoms with Gasteiger partial charge < -0.3 is 15.1 Å². The van der Waals surface area contributed by atoms with Crippen LogP contribution in [0.15, 0.2) is 4.42 Å². The second kappa shape index (κ2) is 6.99. The van der Waals surface area contributed by atoms with Crippen LogP contribution in [0.2, 0.25) is 0 Å². The fraction of sp³-hybridized carbons (Fsp3) is 0.833. The summed E-state index contributed by atoms with van der Waals surface area (Å²) in [7, 11) is 0. The van der Waals surface area contributed by atoms with Crippen LogP contribution in [0.5, 0.6) is 0 Å². The fourth-order valence-electron chi connectivity index (χ4n) is 1.94. The third-order valence-electron chi connectivity index (χ3n) is 3.02. The molecule has 102 valence electrons. The molecular weight excluding hydrogens is 248 g/mol. The Labute approximate surface area is 112 Å². The van der Waals surface area contributed by atoms with Crippen LogP contribution in [0.1, 0.15) is 45.0 Å². The number of anilines is 1. The average Bonchev–Trinajstić information content (AvgIpc) is 3.04. The van der Waals surface area contributed by atoms with Gasteiger partial charge in [0.15, 0.2) is 0 Å². The van der Waals surface area contributed by atoms with Crippen molar-refractivity contribution < 1.29 is 4.42 Å². The predicted octanol–water partition coefficient (Wildman–Crippen LogP) is 2.44. The Morgan fingerprint density at radius 3 is 3.11 bits per heavy atom. The van der Waals surface area contributed by atoms with Crippen molar-refractivity contribution in [3.63, 3.8) is 0 Å². The van der Waals surface area contributed by atoms with Gasteiger partial charge in [0.05, 0.1) is 6.04 Å². The van der Waals surface area contributed by atoms with Gasteiger partial charge in [-0.05, 0) is 38.5 Å². The van der Waals surface area contributed by atoms with Crippen LogP contribution in [0, 0.1) is 0 Å². The molecule has 1 saturated heterocycles. The average molecular weight is 270 g/mol. The number of thioether (sulfide) groups is 1. The predicted molar refractivity (Wildman–Crippen MR) is 75.0 cm³/mol. The number of nitrogens with zero attached hydrogens (tertiary/aromatic N) is 2. The number of rotatable bonds is 7. The molecule has 1 fully saturated rings. The lowest BCUT2D eigenvalue weighted by atomic mass is 10.2. The topological polar surface area (TPSA) is 63.0 Å². The van der Waals surface area contributed by atoms with Crippen LogP contribution in [-0.4, -0.2) is 34.3 Å². The Balaban J connectivity index is 1.77. The maximum absolute atomic E-state index is 5.60. The van der Waals surface area contributed by atoms with E-state index in [9.17, 15) is 0 Å². The van der Waals surface area contributed by atoms with Gasteiger partial charge in [-0.25, -0.2) is 0 Å². The second-order valence-corrected chi connectivity index (χ2v) is 6.05. The molecule has 2 heterocycles. The third kappa shape index (κ3) is 3.88. The summed E-state index contributed by atoms with van der Waals surface area (Å²) in [5.74, 6) is 1.93. The summed E-state index contributed by atoms with van der Waals surface area (Å²) >= 11 is 2.02. The standard InChI is InChI=1S/C12H22N4OS/c1-3-6-13-9(2)11-15-16-12(17-11)14-8-10-5-4-7-18-10/h9-10,13H,3-8H2,1-2H3,(H,14,16). The first-order valence-electron chi connectivity index (χ1n) is 6.72. The summed E-state index contributed by atoms with van der Waals surface area (Å²) in [6.07, 6.45) is 3.71. The summed E-state index contributed by atoms with van der Waals surface area (Å²) in [6, 6.07) is 0.663. The van der Waals surface area contributed by atoms with E-state index in [-0.39, 0.29) is 6.04 Å². The van der Waals surface area contributed by atoms with Crippen molar-refractivity contribution in [2.45, 2.75) is 44.4 Å². The lowest BCUT2D eigenvalue weighted by molar-refractivity contribution is 0.423. The lowest BCUT2D eigenvalue weighted by Gasteiger charge is -2.08. The molecule has 5 nitrogen and oxygen atoms in total. The van der Waals surface area contributed by atoms with Crippen molar-refractivity contribution in [1.82, 2.24) is 15.5 Å². The summed E-state index contributed by atoms with van der Waals surface area (Å²) in [5, 5.41) is 15.3. The highest BCUT2D eigenvalue weighted by molar-refractivity contribution is 8.00. The molecule has 0 spiro atoms. The highest BCUT2D eigenvalue weighted by Crippen LogP contribution is 2.26. The van der Waals surface area contributed by atoms with Crippen molar-refractivity contribution in [2.75, 3.05) is 24.2 Å². The molecule has 2 unspecified atom stereocenters. The monoisotopic (exact) mass is 270 g/mol. The zero-order chi connectivity index (χ0) is 12.8. The first-order valence-corrected chi connectivity index (χ1v) is 7.76. The summed E-state index contributed by atoms with van der Waals surface area (Å²) < 4.78 is 5.60. The van der Waals surface area contributed by atoms with E-state index >= 15 is 0 Å². The van der Waals surface area contributed by atoms with E-state index in [1.807, 2.05) is 18.7 Å². The summed E-state index contributed by atoms with van der Waals surface area (Å²) in [4.78, 5) is 0. The molecule has 0 aromatic carbocycles. The number of aromatic nitrogens is 2. The highest BCUT2D eigenvalue weighted by atomic mass is 32.2. The first kappa shape index (κ1) is 13.7. The maximum atomic E-state index is 5.60. The third-order valence-corrected chi connectivity index (χ3v) is 4.41. The zero-order valence-corrected chi connectivity index (χ0v) is 11.9. The van der Waals surface area contributed by atoms with E-state index in [2.05, 4.69) is 27.8 Å². The van der Waals surface area contributed by atoms with Gasteiger partial charge >= 0.3 is 6.01 Å². The van der Waals surface area contributed by atoms with Gasteiger partial charge in [0.25, 0.3) is 0 Å². The van der Waals surface area contributed by atoms with Crippen LogP contribution in [0.4, 0.5) is 6.01 Å². The lowest BCUT2D eigenvalue weighted by Crippen LogP contribution is -2.19. The molecule has 2 rings (SSSR count). The van der Waals surface area contributed by atoms with Gasteiger partial charge in [-0.1, -0.05) is 12.0 Å². The highest BCUT2D eigenvalue weighted by Gasteiger charge is 2.17. The Bertz CT molecular complexity index is 352. The molecule has 18 heavy (non-hydrogen) atoms. The molecule has 0 bridgehead atoms. The van der Waals surface area contributed by atoms with Crippen LogP contribution in [0.25, 0.3) is 0 Å². The fourth-order valence-corrected chi connectivity index (χ4v) is 3.14. The van der Waals surface area contributed by atoms with E-state index in [0.29, 0.717) is 17.2 Å². The van der Waals surface area contributed by atoms with E-state index in [1.54, 1.807) is 0 Å². The van der Waals surface area contributed by atoms with Crippen molar-refractivity contribution in [1.29, 1.82) is 0 Å². The second-order valence-electron chi connectivity index (χ2n) is 4.64. The number of nitrogens with one attached hydrogen (secondary N) is 2. The van der Waals surface area contributed by atoms with Crippen LogP contribution >= 0.6 is 11.8 Å². The minimum Gasteiger partial charge on any atom is -0.406 e. The summed E-state index contributed by atoms with van der Waals surface area (Å²) in [6.45, 7) is 6.06. The molecule has 1 aliphatic rings. The van der Waals surface area contributed by atoms with Gasteiger partial charge in [-0.3, -0.25) is 0 Å². The van der Waals surface area contributed by atoms with Crippen LogP contribution < -0.4 is 10.6 Å². The maximum Gasteiger partial charge on any atom is 0.315 e. The molecule has 1 aromatic heterocycles. The molecule has 2 N–H and O–H groups in total. The van der Waals surface area contributed by atoms with Crippen molar-refractivity contribution in [3.8, 4) is 0 Å². The smallest absolute Gasteiger partial charge is 0.315 e. The Morgan fingerprint density at radius 1 is 1.50 bits per heavy atom. The van der Waals surface area contributed by atoms with Gasteiger partial charge in [0.2, 0.25) is 5.89 Å². The minimum absolute atomic E-state index is 0.119. The van der Waals surface area contributed by atoms with Gasteiger partial charge in [-0.2, -0.15) is 11.8 Å². The molecule has 0 aliphatic carbocycles. The van der Waals surface area contributed by atoms with Gasteiger partial charge in [0, 0.05) is 11.8 Å². The first-order chi connectivity index (χ1) is 8.79. The molecule has 2 atom stereocenters. The van der Waals surface area contributed by atoms with Crippen molar-refractivity contribution in [2.24, 2.45) is 0 Å². The molecule has 6 heteroatoms. The van der Waals surface area contributed by atoms with Crippen molar-refractivity contribution >= 4 is 17.8 Å². The van der Waals surface area contributed by atoms with Crippen molar-refractivity contribution in [3.05, 3.63) is 5.89 Å². The summed E-state index contributed by atoms with van der Waals surface area (Å²) in [5.41, 5.74) is 0. The van der Waals surface area contributed by atoms with Gasteiger partial charge in [-0.15, -0.1) is 5.10 Å². The number of hydrogen-bond acceptors (Lipinski definition) is 6. The molecule has 1 aliphatic heterocycles. The van der Waals surface area contributed by atoms with E-state index in [4.69, 9.17) is 4.42 Å². The quantitative estimate of drug-likeness (QED) is 0.793. The van der Waals surface area contributed by atoms with Crippen LogP contribution in [-0.2, 0) is 0 Å². The molecular formula is C12H22N4OS. The molecule has 0 radical (unpaired) electrons. The Hall–Kier alpha value is -0.750. The largest absolute Gasteiger partial charge is 0.406 e. The van der Waals surface area contributed by atoms with Crippen LogP contribution in [0.3, 0.4) is 0 Å². The normalized spacial score (nSPS) is 21.1. The van der Waals surface area contributed by atoms with E-state index in [0.717, 1.165) is 19.5 Å². The Morgan fingerprint density at radius 2 is 2.39 bits per heavy atom. The minimum atomic E-state index is 0.119. The zero-order valence-electron chi connectivity index (χ0n) is 11.1.